The van der Waals surface area contributed by atoms with Crippen LogP contribution in [0.5, 0.6) is 28.7 Å². The van der Waals surface area contributed by atoms with Crippen molar-refractivity contribution in [2.24, 2.45) is 0 Å². The van der Waals surface area contributed by atoms with Crippen LogP contribution in [0.2, 0.25) is 0 Å². The molecule has 2 aromatic carbocycles. The van der Waals surface area contributed by atoms with Crippen molar-refractivity contribution in [3.8, 4) is 28.7 Å². The molecule has 0 saturated carbocycles. The largest absolute Gasteiger partial charge is 0.493 e. The third kappa shape index (κ3) is 3.25. The third-order valence-corrected chi connectivity index (χ3v) is 6.19. The van der Waals surface area contributed by atoms with Gasteiger partial charge in [0.25, 0.3) is 0 Å². The number of fused-ring (bicyclic) bond motifs is 4. The molecule has 4 rings (SSSR count). The highest BCUT2D eigenvalue weighted by Crippen LogP contribution is 2.47. The molecule has 2 aromatic rings. The number of hydrogen-bond donors (Lipinski definition) is 0. The lowest BCUT2D eigenvalue weighted by atomic mass is 9.89. The Labute approximate surface area is 172 Å². The molecule has 2 aliphatic rings. The summed E-state index contributed by atoms with van der Waals surface area (Å²) in [5, 5.41) is 0. The predicted octanol–water partition coefficient (Wildman–Crippen LogP) is 3.78. The molecule has 0 radical (unpaired) electrons. The maximum atomic E-state index is 5.78. The Morgan fingerprint density at radius 1 is 0.724 bits per heavy atom. The van der Waals surface area contributed by atoms with Gasteiger partial charge in [-0.25, -0.2) is 0 Å². The van der Waals surface area contributed by atoms with Crippen molar-refractivity contribution in [3.05, 3.63) is 40.5 Å². The van der Waals surface area contributed by atoms with E-state index in [1.165, 1.54) is 22.3 Å². The summed E-state index contributed by atoms with van der Waals surface area (Å²) in [5.41, 5.74) is 5.13. The Hall–Kier alpha value is -2.60. The average Bonchev–Trinajstić information content (AvgIpc) is 2.95. The van der Waals surface area contributed by atoms with Crippen LogP contribution >= 0.6 is 0 Å². The highest BCUT2D eigenvalue weighted by molar-refractivity contribution is 5.60. The topological polar surface area (TPSA) is 49.4 Å². The lowest BCUT2D eigenvalue weighted by Crippen LogP contribution is -2.34. The molecule has 1 atom stereocenters. The lowest BCUT2D eigenvalue weighted by molar-refractivity contribution is 0.171. The van der Waals surface area contributed by atoms with Gasteiger partial charge in [-0.2, -0.15) is 0 Å². The second-order valence-electron chi connectivity index (χ2n) is 7.46. The zero-order valence-electron chi connectivity index (χ0n) is 17.8. The van der Waals surface area contributed by atoms with Crippen LogP contribution < -0.4 is 23.7 Å². The maximum absolute atomic E-state index is 5.78. The van der Waals surface area contributed by atoms with Crippen molar-refractivity contribution in [2.75, 3.05) is 42.1 Å². The van der Waals surface area contributed by atoms with E-state index in [1.54, 1.807) is 35.5 Å². The molecule has 6 heteroatoms. The van der Waals surface area contributed by atoms with E-state index in [9.17, 15) is 0 Å². The third-order valence-electron chi connectivity index (χ3n) is 6.19. The number of methoxy groups -OCH3 is 5. The van der Waals surface area contributed by atoms with Crippen molar-refractivity contribution in [2.45, 2.75) is 31.8 Å². The molecule has 0 amide bonds. The van der Waals surface area contributed by atoms with Crippen molar-refractivity contribution in [1.29, 1.82) is 0 Å². The van der Waals surface area contributed by atoms with E-state index >= 15 is 0 Å². The smallest absolute Gasteiger partial charge is 0.203 e. The SMILES string of the molecule is COc1cc2c(cc1OC)C1CCc3cc(OC)c(OC)c(OC)c3CN1CC2. The molecule has 0 spiro atoms. The van der Waals surface area contributed by atoms with Gasteiger partial charge in [0.15, 0.2) is 23.0 Å². The Morgan fingerprint density at radius 3 is 2.03 bits per heavy atom. The second kappa shape index (κ2) is 8.03. The summed E-state index contributed by atoms with van der Waals surface area (Å²) < 4.78 is 28.0. The molecular weight excluding hydrogens is 370 g/mol. The van der Waals surface area contributed by atoms with Gasteiger partial charge >= 0.3 is 0 Å². The molecular formula is C23H29NO5. The van der Waals surface area contributed by atoms with E-state index < -0.39 is 0 Å². The van der Waals surface area contributed by atoms with E-state index in [1.807, 2.05) is 0 Å². The molecule has 2 aliphatic heterocycles. The average molecular weight is 399 g/mol. The summed E-state index contributed by atoms with van der Waals surface area (Å²) in [7, 11) is 8.40. The minimum atomic E-state index is 0.327. The van der Waals surface area contributed by atoms with Crippen LogP contribution in [0.4, 0.5) is 0 Å². The predicted molar refractivity (Wildman–Crippen MR) is 111 cm³/mol. The molecule has 1 unspecified atom stereocenters. The lowest BCUT2D eigenvalue weighted by Gasteiger charge is -2.36. The van der Waals surface area contributed by atoms with Gasteiger partial charge in [0.1, 0.15) is 0 Å². The zero-order valence-corrected chi connectivity index (χ0v) is 17.8. The van der Waals surface area contributed by atoms with Crippen LogP contribution in [0.1, 0.15) is 34.7 Å². The molecule has 0 bridgehead atoms. The molecule has 0 saturated heterocycles. The van der Waals surface area contributed by atoms with E-state index in [4.69, 9.17) is 23.7 Å². The number of benzene rings is 2. The molecule has 0 aromatic heterocycles. The van der Waals surface area contributed by atoms with Crippen molar-refractivity contribution < 1.29 is 23.7 Å². The molecule has 6 nitrogen and oxygen atoms in total. The first-order valence-electron chi connectivity index (χ1n) is 9.94. The van der Waals surface area contributed by atoms with Gasteiger partial charge in [-0.1, -0.05) is 0 Å². The van der Waals surface area contributed by atoms with Crippen LogP contribution in [-0.4, -0.2) is 47.0 Å². The summed E-state index contributed by atoms with van der Waals surface area (Å²) in [5.74, 6) is 3.75. The summed E-state index contributed by atoms with van der Waals surface area (Å²) in [6, 6.07) is 6.72. The quantitative estimate of drug-likeness (QED) is 0.763. The van der Waals surface area contributed by atoms with Gasteiger partial charge in [-0.15, -0.1) is 0 Å². The second-order valence-corrected chi connectivity index (χ2v) is 7.46. The number of nitrogens with zero attached hydrogens (tertiary/aromatic N) is 1. The van der Waals surface area contributed by atoms with Crippen LogP contribution in [0.25, 0.3) is 0 Å². The fourth-order valence-electron chi connectivity index (χ4n) is 4.77. The van der Waals surface area contributed by atoms with E-state index in [0.29, 0.717) is 11.8 Å². The Morgan fingerprint density at radius 2 is 1.38 bits per heavy atom. The highest BCUT2D eigenvalue weighted by atomic mass is 16.5. The molecule has 156 valence electrons. The number of aryl methyl sites for hydroxylation is 1. The monoisotopic (exact) mass is 399 g/mol. The van der Waals surface area contributed by atoms with E-state index in [0.717, 1.165) is 55.4 Å². The first kappa shape index (κ1) is 19.7. The number of hydrogen-bond acceptors (Lipinski definition) is 6. The minimum Gasteiger partial charge on any atom is -0.493 e. The zero-order chi connectivity index (χ0) is 20.5. The van der Waals surface area contributed by atoms with Gasteiger partial charge in [0, 0.05) is 24.7 Å². The standard InChI is InChI=1S/C23H29NO5/c1-25-19-10-15-8-9-24-13-17-14(6-7-18(24)16(15)12-20(19)26-2)11-21(27-3)23(29-5)22(17)28-4/h10-12,18H,6-9,13H2,1-5H3. The van der Waals surface area contributed by atoms with E-state index in [-0.39, 0.29) is 0 Å². The minimum absolute atomic E-state index is 0.327. The van der Waals surface area contributed by atoms with Gasteiger partial charge in [-0.05, 0) is 54.2 Å². The van der Waals surface area contributed by atoms with Crippen LogP contribution in [0, 0.1) is 0 Å². The Bertz CT molecular complexity index is 911. The van der Waals surface area contributed by atoms with Crippen LogP contribution in [0.15, 0.2) is 18.2 Å². The van der Waals surface area contributed by atoms with Crippen molar-refractivity contribution in [3.63, 3.8) is 0 Å². The molecule has 0 fully saturated rings. The summed E-state index contributed by atoms with van der Waals surface area (Å²) >= 11 is 0. The first-order valence-corrected chi connectivity index (χ1v) is 9.94. The normalized spacial score (nSPS) is 18.0. The molecule has 0 N–H and O–H groups in total. The van der Waals surface area contributed by atoms with Crippen molar-refractivity contribution >= 4 is 0 Å². The molecule has 2 heterocycles. The summed E-state index contributed by atoms with van der Waals surface area (Å²) in [6.07, 6.45) is 2.95. The fraction of sp³-hybridized carbons (Fsp3) is 0.478. The number of rotatable bonds is 5. The van der Waals surface area contributed by atoms with Gasteiger partial charge in [0.2, 0.25) is 5.75 Å². The van der Waals surface area contributed by atoms with Gasteiger partial charge in [0.05, 0.1) is 35.5 Å². The Kier molecular flexibility index (Phi) is 5.46. The van der Waals surface area contributed by atoms with Crippen LogP contribution in [0.3, 0.4) is 0 Å². The number of ether oxygens (including phenoxy) is 5. The Balaban J connectivity index is 1.76. The van der Waals surface area contributed by atoms with E-state index in [2.05, 4.69) is 23.1 Å². The molecule has 29 heavy (non-hydrogen) atoms. The maximum Gasteiger partial charge on any atom is 0.203 e. The highest BCUT2D eigenvalue weighted by Gasteiger charge is 2.33. The van der Waals surface area contributed by atoms with Crippen molar-refractivity contribution in [1.82, 2.24) is 4.90 Å². The fourth-order valence-corrected chi connectivity index (χ4v) is 4.77. The summed E-state index contributed by atoms with van der Waals surface area (Å²) in [4.78, 5) is 2.54. The van der Waals surface area contributed by atoms with Gasteiger partial charge in [-0.3, -0.25) is 4.90 Å². The van der Waals surface area contributed by atoms with Crippen LogP contribution in [-0.2, 0) is 19.4 Å². The first-order chi connectivity index (χ1) is 14.1. The summed E-state index contributed by atoms with van der Waals surface area (Å²) in [6.45, 7) is 1.81. The van der Waals surface area contributed by atoms with Gasteiger partial charge < -0.3 is 23.7 Å². The molecule has 0 aliphatic carbocycles.